The van der Waals surface area contributed by atoms with Gasteiger partial charge in [-0.3, -0.25) is 9.69 Å². The molecule has 0 spiro atoms. The van der Waals surface area contributed by atoms with Gasteiger partial charge in [0.25, 0.3) is 0 Å². The van der Waals surface area contributed by atoms with Crippen LogP contribution in [0.5, 0.6) is 0 Å². The van der Waals surface area contributed by atoms with E-state index in [1.54, 1.807) is 11.8 Å². The van der Waals surface area contributed by atoms with E-state index < -0.39 is 0 Å². The zero-order valence-corrected chi connectivity index (χ0v) is 12.3. The molecule has 1 aromatic carbocycles. The van der Waals surface area contributed by atoms with Gasteiger partial charge in [0, 0.05) is 12.1 Å². The summed E-state index contributed by atoms with van der Waals surface area (Å²) in [5.41, 5.74) is 2.93. The number of carbonyl (C=O) groups excluding carboxylic acids is 2. The van der Waals surface area contributed by atoms with Gasteiger partial charge in [-0.15, -0.1) is 0 Å². The van der Waals surface area contributed by atoms with Crippen molar-refractivity contribution in [3.05, 3.63) is 34.9 Å². The molecule has 0 radical (unpaired) electrons. The molecule has 4 heteroatoms. The molecule has 0 aliphatic carbocycles. The maximum atomic E-state index is 12.6. The number of rotatable bonds is 3. The van der Waals surface area contributed by atoms with E-state index in [9.17, 15) is 9.59 Å². The molecular formula is C16H21NO3. The van der Waals surface area contributed by atoms with E-state index in [2.05, 4.69) is 0 Å². The molecule has 108 valence electrons. The summed E-state index contributed by atoms with van der Waals surface area (Å²) < 4.78 is 5.02. The summed E-state index contributed by atoms with van der Waals surface area (Å²) in [4.78, 5) is 26.0. The molecule has 1 aliphatic rings. The minimum Gasteiger partial charge on any atom is -0.450 e. The van der Waals surface area contributed by atoms with Crippen LogP contribution in [0.1, 0.15) is 41.3 Å². The Morgan fingerprint density at radius 3 is 2.70 bits per heavy atom. The van der Waals surface area contributed by atoms with Crippen molar-refractivity contribution in [1.29, 1.82) is 0 Å². The molecule has 1 heterocycles. The highest BCUT2D eigenvalue weighted by atomic mass is 16.6. The van der Waals surface area contributed by atoms with Gasteiger partial charge in [0.2, 0.25) is 0 Å². The second-order valence-electron chi connectivity index (χ2n) is 5.21. The van der Waals surface area contributed by atoms with Crippen LogP contribution in [-0.2, 0) is 4.74 Å². The van der Waals surface area contributed by atoms with Crippen molar-refractivity contribution < 1.29 is 14.3 Å². The summed E-state index contributed by atoms with van der Waals surface area (Å²) in [5, 5.41) is 0. The third-order valence-electron chi connectivity index (χ3n) is 3.85. The van der Waals surface area contributed by atoms with Crippen molar-refractivity contribution in [2.24, 2.45) is 0 Å². The SMILES string of the molecule is CCOC(=O)N1CCCC1C(=O)c1ccc(C)c(C)c1. The average molecular weight is 275 g/mol. The van der Waals surface area contributed by atoms with Gasteiger partial charge in [-0.2, -0.15) is 0 Å². The largest absolute Gasteiger partial charge is 0.450 e. The number of nitrogens with zero attached hydrogens (tertiary/aromatic N) is 1. The highest BCUT2D eigenvalue weighted by Crippen LogP contribution is 2.23. The van der Waals surface area contributed by atoms with Crippen LogP contribution in [0.4, 0.5) is 4.79 Å². The van der Waals surface area contributed by atoms with E-state index in [0.717, 1.165) is 17.5 Å². The number of aryl methyl sites for hydroxylation is 2. The first-order chi connectivity index (χ1) is 9.54. The summed E-state index contributed by atoms with van der Waals surface area (Å²) in [6, 6.07) is 5.31. The average Bonchev–Trinajstić information content (AvgIpc) is 2.90. The smallest absolute Gasteiger partial charge is 0.410 e. The van der Waals surface area contributed by atoms with Gasteiger partial charge in [0.1, 0.15) is 0 Å². The summed E-state index contributed by atoms with van der Waals surface area (Å²) in [7, 11) is 0. The standard InChI is InChI=1S/C16H21NO3/c1-4-20-16(19)17-9-5-6-14(17)15(18)13-8-7-11(2)12(3)10-13/h7-8,10,14H,4-6,9H2,1-3H3. The Balaban J connectivity index is 2.18. The third kappa shape index (κ3) is 2.84. The molecular weight excluding hydrogens is 254 g/mol. The molecule has 1 unspecified atom stereocenters. The van der Waals surface area contributed by atoms with E-state index >= 15 is 0 Å². The minimum absolute atomic E-state index is 0.0126. The lowest BCUT2D eigenvalue weighted by Crippen LogP contribution is -2.40. The van der Waals surface area contributed by atoms with E-state index in [4.69, 9.17) is 4.74 Å². The van der Waals surface area contributed by atoms with Gasteiger partial charge in [0.05, 0.1) is 12.6 Å². The molecule has 1 fully saturated rings. The Labute approximate surface area is 119 Å². The van der Waals surface area contributed by atoms with Gasteiger partial charge in [-0.1, -0.05) is 12.1 Å². The molecule has 0 saturated carbocycles. The van der Waals surface area contributed by atoms with Crippen LogP contribution in [0, 0.1) is 13.8 Å². The van der Waals surface area contributed by atoms with Crippen LogP contribution in [-0.4, -0.2) is 36.0 Å². The Kier molecular flexibility index (Phi) is 4.42. The molecule has 1 aliphatic heterocycles. The normalized spacial score (nSPS) is 18.1. The summed E-state index contributed by atoms with van der Waals surface area (Å²) >= 11 is 0. The van der Waals surface area contributed by atoms with E-state index in [1.165, 1.54) is 0 Å². The summed E-state index contributed by atoms with van der Waals surface area (Å²) in [6.07, 6.45) is 1.18. The van der Waals surface area contributed by atoms with Crippen molar-refractivity contribution in [3.8, 4) is 0 Å². The quantitative estimate of drug-likeness (QED) is 0.796. The Bertz CT molecular complexity index is 524. The van der Waals surface area contributed by atoms with E-state index in [0.29, 0.717) is 25.1 Å². The lowest BCUT2D eigenvalue weighted by Gasteiger charge is -2.23. The Hall–Kier alpha value is -1.84. The second kappa shape index (κ2) is 6.07. The molecule has 0 N–H and O–H groups in total. The highest BCUT2D eigenvalue weighted by molar-refractivity contribution is 6.01. The molecule has 0 bridgehead atoms. The van der Waals surface area contributed by atoms with Crippen molar-refractivity contribution in [2.45, 2.75) is 39.7 Å². The van der Waals surface area contributed by atoms with Gasteiger partial charge < -0.3 is 4.74 Å². The summed E-state index contributed by atoms with van der Waals surface area (Å²) in [6.45, 7) is 6.71. The zero-order chi connectivity index (χ0) is 14.7. The fourth-order valence-electron chi connectivity index (χ4n) is 2.55. The molecule has 20 heavy (non-hydrogen) atoms. The lowest BCUT2D eigenvalue weighted by atomic mass is 9.98. The van der Waals surface area contributed by atoms with Gasteiger partial charge in [-0.25, -0.2) is 4.79 Å². The molecule has 1 saturated heterocycles. The maximum Gasteiger partial charge on any atom is 0.410 e. The zero-order valence-electron chi connectivity index (χ0n) is 12.3. The van der Waals surface area contributed by atoms with E-state index in [-0.39, 0.29) is 17.9 Å². The molecule has 0 aromatic heterocycles. The number of ether oxygens (including phenoxy) is 1. The monoisotopic (exact) mass is 275 g/mol. The number of carbonyl (C=O) groups is 2. The molecule has 1 amide bonds. The Morgan fingerprint density at radius 2 is 2.05 bits per heavy atom. The van der Waals surface area contributed by atoms with Gasteiger partial charge in [0.15, 0.2) is 5.78 Å². The van der Waals surface area contributed by atoms with Crippen molar-refractivity contribution in [1.82, 2.24) is 4.90 Å². The van der Waals surface area contributed by atoms with E-state index in [1.807, 2.05) is 32.0 Å². The van der Waals surface area contributed by atoms with Crippen molar-refractivity contribution in [2.75, 3.05) is 13.2 Å². The van der Waals surface area contributed by atoms with Gasteiger partial charge >= 0.3 is 6.09 Å². The first-order valence-corrected chi connectivity index (χ1v) is 7.09. The second-order valence-corrected chi connectivity index (χ2v) is 5.21. The molecule has 1 atom stereocenters. The first kappa shape index (κ1) is 14.6. The predicted octanol–water partition coefficient (Wildman–Crippen LogP) is 3.11. The topological polar surface area (TPSA) is 46.6 Å². The number of amides is 1. The maximum absolute atomic E-state index is 12.6. The summed E-state index contributed by atoms with van der Waals surface area (Å²) in [5.74, 6) is 0.0126. The number of ketones is 1. The van der Waals surface area contributed by atoms with Crippen LogP contribution in [0.25, 0.3) is 0 Å². The van der Waals surface area contributed by atoms with Crippen LogP contribution < -0.4 is 0 Å². The number of hydrogen-bond acceptors (Lipinski definition) is 3. The molecule has 4 nitrogen and oxygen atoms in total. The lowest BCUT2D eigenvalue weighted by molar-refractivity contribution is 0.0775. The fourth-order valence-corrected chi connectivity index (χ4v) is 2.55. The third-order valence-corrected chi connectivity index (χ3v) is 3.85. The van der Waals surface area contributed by atoms with Crippen LogP contribution in [0.15, 0.2) is 18.2 Å². The van der Waals surface area contributed by atoms with Crippen molar-refractivity contribution >= 4 is 11.9 Å². The minimum atomic E-state index is -0.382. The number of benzene rings is 1. The van der Waals surface area contributed by atoms with Crippen molar-refractivity contribution in [3.63, 3.8) is 0 Å². The fraction of sp³-hybridized carbons (Fsp3) is 0.500. The highest BCUT2D eigenvalue weighted by Gasteiger charge is 2.35. The van der Waals surface area contributed by atoms with Gasteiger partial charge in [-0.05, 0) is 50.8 Å². The molecule has 2 rings (SSSR count). The van der Waals surface area contributed by atoms with Crippen LogP contribution in [0.3, 0.4) is 0 Å². The number of Topliss-reactive ketones (excluding diaryl/α,β-unsaturated/α-hetero) is 1. The first-order valence-electron chi connectivity index (χ1n) is 7.09. The molecule has 1 aromatic rings. The predicted molar refractivity (Wildman–Crippen MR) is 77.0 cm³/mol. The number of hydrogen-bond donors (Lipinski definition) is 0. The Morgan fingerprint density at radius 1 is 1.30 bits per heavy atom. The van der Waals surface area contributed by atoms with Crippen LogP contribution in [0.2, 0.25) is 0 Å². The number of likely N-dealkylation sites (tertiary alicyclic amines) is 1. The van der Waals surface area contributed by atoms with Crippen LogP contribution >= 0.6 is 0 Å².